The topological polar surface area (TPSA) is 52.6 Å². The van der Waals surface area contributed by atoms with Crippen LogP contribution in [-0.4, -0.2) is 25.2 Å². The van der Waals surface area contributed by atoms with Gasteiger partial charge >= 0.3 is 11.9 Å². The van der Waals surface area contributed by atoms with Crippen molar-refractivity contribution in [2.45, 2.75) is 52.4 Å². The number of ether oxygens (including phenoxy) is 2. The molecule has 0 amide bonds. The summed E-state index contributed by atoms with van der Waals surface area (Å²) in [6.45, 7) is 4.85. The van der Waals surface area contributed by atoms with Crippen molar-refractivity contribution in [1.29, 1.82) is 0 Å². The van der Waals surface area contributed by atoms with Gasteiger partial charge in [-0.1, -0.05) is 63.1 Å². The fourth-order valence-electron chi connectivity index (χ4n) is 1.75. The maximum atomic E-state index is 12.2. The van der Waals surface area contributed by atoms with Gasteiger partial charge < -0.3 is 9.47 Å². The summed E-state index contributed by atoms with van der Waals surface area (Å²) in [6.07, 6.45) is 5.75. The molecule has 0 aromatic rings. The van der Waals surface area contributed by atoms with Gasteiger partial charge in [-0.25, -0.2) is 9.59 Å². The highest BCUT2D eigenvalue weighted by Crippen LogP contribution is 2.40. The molecule has 0 radical (unpaired) electrons. The Kier molecular flexibility index (Phi) is 10.2. The Morgan fingerprint density at radius 3 is 1.73 bits per heavy atom. The molecule has 0 aromatic heterocycles. The summed E-state index contributed by atoms with van der Waals surface area (Å²) in [5.74, 6) is -1.15. The van der Waals surface area contributed by atoms with Gasteiger partial charge in [0.15, 0.2) is 5.57 Å². The SMILES string of the molecule is CCCCCOC(=O)C(C(=O)OCCCCC)=C1SC=CS1. The van der Waals surface area contributed by atoms with Crippen LogP contribution in [0.2, 0.25) is 0 Å². The van der Waals surface area contributed by atoms with Crippen LogP contribution in [0.4, 0.5) is 0 Å². The molecule has 0 spiro atoms. The molecule has 0 unspecified atom stereocenters. The summed E-state index contributed by atoms with van der Waals surface area (Å²) in [5.41, 5.74) is 0.0352. The minimum atomic E-state index is -0.574. The van der Waals surface area contributed by atoms with E-state index in [1.807, 2.05) is 10.8 Å². The monoisotopic (exact) mass is 344 g/mol. The van der Waals surface area contributed by atoms with Crippen LogP contribution >= 0.6 is 23.5 Å². The quantitative estimate of drug-likeness (QED) is 0.190. The van der Waals surface area contributed by atoms with Gasteiger partial charge in [0, 0.05) is 0 Å². The smallest absolute Gasteiger partial charge is 0.347 e. The van der Waals surface area contributed by atoms with E-state index >= 15 is 0 Å². The van der Waals surface area contributed by atoms with Crippen molar-refractivity contribution >= 4 is 35.5 Å². The third-order valence-corrected chi connectivity index (χ3v) is 5.11. The molecule has 1 rings (SSSR count). The fraction of sp³-hybridized carbons (Fsp3) is 0.625. The number of unbranched alkanes of at least 4 members (excludes halogenated alkanes) is 4. The summed E-state index contributed by atoms with van der Waals surface area (Å²) in [7, 11) is 0. The van der Waals surface area contributed by atoms with Crippen LogP contribution in [0.1, 0.15) is 52.4 Å². The Bertz CT molecular complexity index is 394. The van der Waals surface area contributed by atoms with Crippen LogP contribution in [0, 0.1) is 0 Å². The standard InChI is InChI=1S/C16H24O4S2/c1-3-5-7-9-19-14(17)13(16-21-11-12-22-16)15(18)20-10-8-6-4-2/h11-12H,3-10H2,1-2H3. The van der Waals surface area contributed by atoms with Crippen molar-refractivity contribution in [3.05, 3.63) is 20.6 Å². The number of carbonyl (C=O) groups excluding carboxylic acids is 2. The van der Waals surface area contributed by atoms with Gasteiger partial charge in [-0.2, -0.15) is 0 Å². The minimum absolute atomic E-state index is 0.0352. The van der Waals surface area contributed by atoms with Gasteiger partial charge in [-0.15, -0.1) is 0 Å². The number of esters is 2. The second-order valence-electron chi connectivity index (χ2n) is 4.86. The Balaban J connectivity index is 2.59. The van der Waals surface area contributed by atoms with Crippen LogP contribution in [-0.2, 0) is 19.1 Å². The van der Waals surface area contributed by atoms with Crippen LogP contribution in [0.3, 0.4) is 0 Å². The molecule has 4 nitrogen and oxygen atoms in total. The van der Waals surface area contributed by atoms with E-state index in [1.54, 1.807) is 0 Å². The third-order valence-electron chi connectivity index (χ3n) is 2.98. The number of thioether (sulfide) groups is 2. The minimum Gasteiger partial charge on any atom is -0.462 e. The van der Waals surface area contributed by atoms with Crippen molar-refractivity contribution in [2.24, 2.45) is 0 Å². The van der Waals surface area contributed by atoms with Gasteiger partial charge in [0.05, 0.1) is 17.5 Å². The molecule has 1 aliphatic heterocycles. The van der Waals surface area contributed by atoms with Gasteiger partial charge in [0.25, 0.3) is 0 Å². The number of carbonyl (C=O) groups is 2. The van der Waals surface area contributed by atoms with Crippen molar-refractivity contribution in [3.8, 4) is 0 Å². The van der Waals surface area contributed by atoms with Gasteiger partial charge in [-0.05, 0) is 23.7 Å². The molecule has 22 heavy (non-hydrogen) atoms. The summed E-state index contributed by atoms with van der Waals surface area (Å²) >= 11 is 2.71. The number of hydrogen-bond donors (Lipinski definition) is 0. The van der Waals surface area contributed by atoms with Crippen molar-refractivity contribution < 1.29 is 19.1 Å². The zero-order valence-corrected chi connectivity index (χ0v) is 14.9. The second kappa shape index (κ2) is 11.7. The Morgan fingerprint density at radius 2 is 1.32 bits per heavy atom. The van der Waals surface area contributed by atoms with Crippen molar-refractivity contribution in [1.82, 2.24) is 0 Å². The maximum Gasteiger partial charge on any atom is 0.347 e. The molecular weight excluding hydrogens is 320 g/mol. The van der Waals surface area contributed by atoms with E-state index < -0.39 is 11.9 Å². The molecule has 0 saturated carbocycles. The van der Waals surface area contributed by atoms with Gasteiger partial charge in [0.1, 0.15) is 0 Å². The molecule has 1 heterocycles. The average molecular weight is 344 g/mol. The van der Waals surface area contributed by atoms with Crippen molar-refractivity contribution in [3.63, 3.8) is 0 Å². The lowest BCUT2D eigenvalue weighted by atomic mass is 10.2. The lowest BCUT2D eigenvalue weighted by molar-refractivity contribution is -0.147. The molecule has 0 saturated heterocycles. The highest BCUT2D eigenvalue weighted by molar-refractivity contribution is 8.27. The summed E-state index contributed by atoms with van der Waals surface area (Å²) in [5, 5.41) is 3.68. The van der Waals surface area contributed by atoms with Gasteiger partial charge in [-0.3, -0.25) is 0 Å². The Labute approximate surface area is 141 Å². The van der Waals surface area contributed by atoms with Crippen LogP contribution in [0.5, 0.6) is 0 Å². The van der Waals surface area contributed by atoms with E-state index in [9.17, 15) is 9.59 Å². The van der Waals surface area contributed by atoms with E-state index in [-0.39, 0.29) is 5.57 Å². The zero-order valence-electron chi connectivity index (χ0n) is 13.3. The summed E-state index contributed by atoms with van der Waals surface area (Å²) in [6, 6.07) is 0. The van der Waals surface area contributed by atoms with Gasteiger partial charge in [0.2, 0.25) is 0 Å². The third kappa shape index (κ3) is 6.92. The molecule has 0 atom stereocenters. The number of rotatable bonds is 10. The molecule has 0 bridgehead atoms. The average Bonchev–Trinajstić information content (AvgIpc) is 3.02. The maximum absolute atomic E-state index is 12.2. The Morgan fingerprint density at radius 1 is 0.864 bits per heavy atom. The first-order valence-corrected chi connectivity index (χ1v) is 9.53. The molecular formula is C16H24O4S2. The zero-order chi connectivity index (χ0) is 16.2. The highest BCUT2D eigenvalue weighted by Gasteiger charge is 2.27. The largest absolute Gasteiger partial charge is 0.462 e. The normalized spacial score (nSPS) is 13.3. The molecule has 1 aliphatic rings. The van der Waals surface area contributed by atoms with E-state index in [1.165, 1.54) is 23.5 Å². The molecule has 0 fully saturated rings. The van der Waals surface area contributed by atoms with E-state index in [0.717, 1.165) is 38.5 Å². The van der Waals surface area contributed by atoms with E-state index in [2.05, 4.69) is 13.8 Å². The first-order valence-electron chi connectivity index (χ1n) is 7.77. The second-order valence-corrected chi connectivity index (χ2v) is 6.95. The molecule has 124 valence electrons. The summed E-state index contributed by atoms with van der Waals surface area (Å²) < 4.78 is 11.1. The fourth-order valence-corrected chi connectivity index (χ4v) is 3.57. The van der Waals surface area contributed by atoms with E-state index in [0.29, 0.717) is 17.5 Å². The summed E-state index contributed by atoms with van der Waals surface area (Å²) in [4.78, 5) is 24.4. The first kappa shape index (κ1) is 19.2. The lowest BCUT2D eigenvalue weighted by Gasteiger charge is -2.10. The molecule has 6 heteroatoms. The van der Waals surface area contributed by atoms with Crippen molar-refractivity contribution in [2.75, 3.05) is 13.2 Å². The van der Waals surface area contributed by atoms with E-state index in [4.69, 9.17) is 9.47 Å². The lowest BCUT2D eigenvalue weighted by Crippen LogP contribution is -2.20. The highest BCUT2D eigenvalue weighted by atomic mass is 32.2. The molecule has 0 aliphatic carbocycles. The van der Waals surface area contributed by atoms with Crippen LogP contribution < -0.4 is 0 Å². The predicted molar refractivity (Wildman–Crippen MR) is 92.3 cm³/mol. The number of hydrogen-bond acceptors (Lipinski definition) is 6. The predicted octanol–water partition coefficient (Wildman–Crippen LogP) is 4.62. The molecule has 0 N–H and O–H groups in total. The van der Waals surface area contributed by atoms with Crippen LogP contribution in [0.25, 0.3) is 0 Å². The Hall–Kier alpha value is -0.880. The molecule has 0 aromatic carbocycles. The first-order chi connectivity index (χ1) is 10.7. The van der Waals surface area contributed by atoms with Crippen LogP contribution in [0.15, 0.2) is 20.6 Å².